The van der Waals surface area contributed by atoms with Gasteiger partial charge in [-0.3, -0.25) is 9.59 Å². The average molecular weight is 250 g/mol. The molecule has 0 radical (unpaired) electrons. The van der Waals surface area contributed by atoms with Gasteiger partial charge < -0.3 is 9.80 Å². The van der Waals surface area contributed by atoms with Gasteiger partial charge in [-0.05, 0) is 40.0 Å². The molecular formula is C14H22N2O2. The van der Waals surface area contributed by atoms with Crippen molar-refractivity contribution in [3.8, 4) is 0 Å². The first kappa shape index (κ1) is 13.1. The molecule has 4 nitrogen and oxygen atoms in total. The van der Waals surface area contributed by atoms with Crippen LogP contribution in [-0.4, -0.2) is 46.8 Å². The Kier molecular flexibility index (Phi) is 3.73. The summed E-state index contributed by atoms with van der Waals surface area (Å²) in [4.78, 5) is 28.2. The van der Waals surface area contributed by atoms with Crippen molar-refractivity contribution in [1.29, 1.82) is 0 Å². The molecule has 2 aliphatic heterocycles. The van der Waals surface area contributed by atoms with Crippen molar-refractivity contribution < 1.29 is 9.59 Å². The summed E-state index contributed by atoms with van der Waals surface area (Å²) in [5, 5.41) is 0. The molecule has 0 saturated carbocycles. The van der Waals surface area contributed by atoms with Crippen LogP contribution in [0.15, 0.2) is 11.6 Å². The van der Waals surface area contributed by atoms with Crippen LogP contribution < -0.4 is 0 Å². The SMILES string of the molecule is CC(C)=CCN1C(=O)C2CCCCN2C(=O)C1C. The minimum Gasteiger partial charge on any atom is -0.329 e. The smallest absolute Gasteiger partial charge is 0.246 e. The zero-order valence-electron chi connectivity index (χ0n) is 11.5. The summed E-state index contributed by atoms with van der Waals surface area (Å²) in [6, 6.07) is -0.518. The van der Waals surface area contributed by atoms with Crippen molar-refractivity contribution in [2.45, 2.75) is 52.1 Å². The number of fused-ring (bicyclic) bond motifs is 1. The van der Waals surface area contributed by atoms with Gasteiger partial charge in [-0.1, -0.05) is 11.6 Å². The van der Waals surface area contributed by atoms with Crippen LogP contribution in [0, 0.1) is 0 Å². The minimum absolute atomic E-state index is 0.112. The highest BCUT2D eigenvalue weighted by Crippen LogP contribution is 2.26. The number of hydrogen-bond acceptors (Lipinski definition) is 2. The minimum atomic E-state index is -0.317. The van der Waals surface area contributed by atoms with Gasteiger partial charge in [0.15, 0.2) is 0 Å². The topological polar surface area (TPSA) is 40.6 Å². The Labute approximate surface area is 109 Å². The van der Waals surface area contributed by atoms with Gasteiger partial charge >= 0.3 is 0 Å². The van der Waals surface area contributed by atoms with Crippen molar-refractivity contribution in [3.05, 3.63) is 11.6 Å². The standard InChI is InChI=1S/C14H22N2O2/c1-10(2)7-9-15-11(3)13(17)16-8-5-4-6-12(16)14(15)18/h7,11-12H,4-6,8-9H2,1-3H3. The predicted octanol–water partition coefficient (Wildman–Crippen LogP) is 1.56. The summed E-state index contributed by atoms with van der Waals surface area (Å²) in [7, 11) is 0. The van der Waals surface area contributed by atoms with Gasteiger partial charge in [0.2, 0.25) is 11.8 Å². The molecule has 100 valence electrons. The number of rotatable bonds is 2. The first-order valence-electron chi connectivity index (χ1n) is 6.76. The van der Waals surface area contributed by atoms with Crippen LogP contribution in [0.4, 0.5) is 0 Å². The second-order valence-electron chi connectivity index (χ2n) is 5.49. The highest BCUT2D eigenvalue weighted by Gasteiger charge is 2.44. The molecule has 0 bridgehead atoms. The Morgan fingerprint density at radius 3 is 2.67 bits per heavy atom. The number of nitrogens with zero attached hydrogens (tertiary/aromatic N) is 2. The third-order valence-electron chi connectivity index (χ3n) is 3.88. The van der Waals surface area contributed by atoms with E-state index in [4.69, 9.17) is 0 Å². The lowest BCUT2D eigenvalue weighted by Gasteiger charge is -2.45. The maximum absolute atomic E-state index is 12.4. The Hall–Kier alpha value is -1.32. The molecule has 0 N–H and O–H groups in total. The quantitative estimate of drug-likeness (QED) is 0.698. The molecule has 0 aromatic heterocycles. The number of piperidine rings is 1. The van der Waals surface area contributed by atoms with E-state index in [1.807, 2.05) is 26.8 Å². The molecule has 0 aromatic carbocycles. The molecule has 4 heteroatoms. The molecule has 2 saturated heterocycles. The maximum atomic E-state index is 12.4. The fourth-order valence-corrected chi connectivity index (χ4v) is 2.74. The van der Waals surface area contributed by atoms with Crippen LogP contribution in [0.1, 0.15) is 40.0 Å². The third-order valence-corrected chi connectivity index (χ3v) is 3.88. The Morgan fingerprint density at radius 2 is 2.00 bits per heavy atom. The van der Waals surface area contributed by atoms with E-state index in [9.17, 15) is 9.59 Å². The highest BCUT2D eigenvalue weighted by molar-refractivity contribution is 5.97. The number of carbonyl (C=O) groups excluding carboxylic acids is 2. The molecule has 2 aliphatic rings. The summed E-state index contributed by atoms with van der Waals surface area (Å²) < 4.78 is 0. The highest BCUT2D eigenvalue weighted by atomic mass is 16.2. The van der Waals surface area contributed by atoms with E-state index in [1.165, 1.54) is 5.57 Å². The van der Waals surface area contributed by atoms with Crippen molar-refractivity contribution in [1.82, 2.24) is 9.80 Å². The molecule has 2 amide bonds. The van der Waals surface area contributed by atoms with E-state index in [1.54, 1.807) is 9.80 Å². The molecule has 18 heavy (non-hydrogen) atoms. The molecular weight excluding hydrogens is 228 g/mol. The van der Waals surface area contributed by atoms with Crippen LogP contribution in [0.5, 0.6) is 0 Å². The first-order valence-corrected chi connectivity index (χ1v) is 6.76. The van der Waals surface area contributed by atoms with Crippen molar-refractivity contribution in [2.75, 3.05) is 13.1 Å². The summed E-state index contributed by atoms with van der Waals surface area (Å²) in [6.45, 7) is 7.15. The second-order valence-corrected chi connectivity index (χ2v) is 5.49. The zero-order chi connectivity index (χ0) is 13.3. The fourth-order valence-electron chi connectivity index (χ4n) is 2.74. The van der Waals surface area contributed by atoms with Crippen LogP contribution in [0.2, 0.25) is 0 Å². The lowest BCUT2D eigenvalue weighted by atomic mass is 9.96. The van der Waals surface area contributed by atoms with Gasteiger partial charge in [0.25, 0.3) is 0 Å². The average Bonchev–Trinajstić information content (AvgIpc) is 2.36. The zero-order valence-corrected chi connectivity index (χ0v) is 11.5. The summed E-state index contributed by atoms with van der Waals surface area (Å²) in [5.74, 6) is 0.237. The van der Waals surface area contributed by atoms with Crippen LogP contribution >= 0.6 is 0 Å². The number of allylic oxidation sites excluding steroid dienone is 1. The maximum Gasteiger partial charge on any atom is 0.246 e. The second kappa shape index (κ2) is 5.12. The number of hydrogen-bond donors (Lipinski definition) is 0. The fraction of sp³-hybridized carbons (Fsp3) is 0.714. The Morgan fingerprint density at radius 1 is 1.28 bits per heavy atom. The lowest BCUT2D eigenvalue weighted by Crippen LogP contribution is -2.64. The molecule has 2 rings (SSSR count). The van der Waals surface area contributed by atoms with Gasteiger partial charge in [0.05, 0.1) is 0 Å². The van der Waals surface area contributed by atoms with Crippen LogP contribution in [-0.2, 0) is 9.59 Å². The molecule has 2 heterocycles. The van der Waals surface area contributed by atoms with E-state index < -0.39 is 0 Å². The molecule has 0 aliphatic carbocycles. The predicted molar refractivity (Wildman–Crippen MR) is 70.0 cm³/mol. The Balaban J connectivity index is 2.18. The molecule has 0 spiro atoms. The first-order chi connectivity index (χ1) is 8.52. The molecule has 2 fully saturated rings. The summed E-state index contributed by atoms with van der Waals surface area (Å²) >= 11 is 0. The molecule has 2 atom stereocenters. The summed E-state index contributed by atoms with van der Waals surface area (Å²) in [5.41, 5.74) is 1.17. The molecule has 2 unspecified atom stereocenters. The lowest BCUT2D eigenvalue weighted by molar-refractivity contribution is -0.162. The van der Waals surface area contributed by atoms with E-state index in [-0.39, 0.29) is 23.9 Å². The third kappa shape index (κ3) is 2.28. The van der Waals surface area contributed by atoms with Gasteiger partial charge in [-0.25, -0.2) is 0 Å². The van der Waals surface area contributed by atoms with E-state index >= 15 is 0 Å². The van der Waals surface area contributed by atoms with Gasteiger partial charge in [0.1, 0.15) is 12.1 Å². The van der Waals surface area contributed by atoms with Crippen molar-refractivity contribution in [3.63, 3.8) is 0 Å². The van der Waals surface area contributed by atoms with Gasteiger partial charge in [-0.15, -0.1) is 0 Å². The van der Waals surface area contributed by atoms with E-state index in [2.05, 4.69) is 0 Å². The largest absolute Gasteiger partial charge is 0.329 e. The van der Waals surface area contributed by atoms with Gasteiger partial charge in [0, 0.05) is 13.1 Å². The van der Waals surface area contributed by atoms with E-state index in [0.717, 1.165) is 25.8 Å². The number of carbonyl (C=O) groups is 2. The number of piperazine rings is 1. The molecule has 0 aromatic rings. The van der Waals surface area contributed by atoms with Crippen LogP contribution in [0.3, 0.4) is 0 Å². The monoisotopic (exact) mass is 250 g/mol. The van der Waals surface area contributed by atoms with E-state index in [0.29, 0.717) is 6.54 Å². The number of amides is 2. The van der Waals surface area contributed by atoms with Crippen LogP contribution in [0.25, 0.3) is 0 Å². The van der Waals surface area contributed by atoms with Gasteiger partial charge in [-0.2, -0.15) is 0 Å². The Bertz CT molecular complexity index is 385. The summed E-state index contributed by atoms with van der Waals surface area (Å²) in [6.07, 6.45) is 4.91. The van der Waals surface area contributed by atoms with Crippen molar-refractivity contribution >= 4 is 11.8 Å². The normalized spacial score (nSPS) is 28.2. The van der Waals surface area contributed by atoms with Crippen molar-refractivity contribution in [2.24, 2.45) is 0 Å².